The summed E-state index contributed by atoms with van der Waals surface area (Å²) in [6, 6.07) is 4.74. The Bertz CT molecular complexity index is 325. The van der Waals surface area contributed by atoms with Gasteiger partial charge in [-0.2, -0.15) is 5.26 Å². The van der Waals surface area contributed by atoms with Crippen LogP contribution in [0.5, 0.6) is 0 Å². The van der Waals surface area contributed by atoms with Crippen molar-refractivity contribution in [1.29, 1.82) is 5.26 Å². The van der Waals surface area contributed by atoms with Crippen LogP contribution < -0.4 is 5.32 Å². The topological polar surface area (TPSA) is 35.8 Å². The smallest absolute Gasteiger partial charge is 0.0638 e. The van der Waals surface area contributed by atoms with E-state index in [1.807, 2.05) is 0 Å². The fourth-order valence-electron chi connectivity index (χ4n) is 1.55. The van der Waals surface area contributed by atoms with Crippen LogP contribution in [-0.4, -0.2) is 6.04 Å². The van der Waals surface area contributed by atoms with Gasteiger partial charge in [0.05, 0.1) is 12.5 Å². The molecule has 1 heterocycles. The molecule has 1 N–H and O–H groups in total. The van der Waals surface area contributed by atoms with Gasteiger partial charge < -0.3 is 5.32 Å². The summed E-state index contributed by atoms with van der Waals surface area (Å²) in [6.07, 6.45) is 2.71. The lowest BCUT2D eigenvalue weighted by Crippen LogP contribution is -2.27. The van der Waals surface area contributed by atoms with Gasteiger partial charge in [0, 0.05) is 17.5 Å². The van der Waals surface area contributed by atoms with Crippen LogP contribution in [0.2, 0.25) is 0 Å². The van der Waals surface area contributed by atoms with Gasteiger partial charge in [-0.15, -0.1) is 11.3 Å². The Labute approximate surface area is 95.9 Å². The molecule has 1 aromatic heterocycles. The second kappa shape index (κ2) is 6.60. The van der Waals surface area contributed by atoms with Crippen molar-refractivity contribution in [3.63, 3.8) is 0 Å². The van der Waals surface area contributed by atoms with Crippen molar-refractivity contribution in [2.75, 3.05) is 0 Å². The van der Waals surface area contributed by atoms with E-state index in [9.17, 15) is 0 Å². The molecular formula is C12H18N2S. The number of hydrogen-bond donors (Lipinski definition) is 1. The molecule has 0 saturated heterocycles. The number of nitriles is 1. The molecule has 0 radical (unpaired) electrons. The number of thiophene rings is 1. The van der Waals surface area contributed by atoms with Crippen molar-refractivity contribution >= 4 is 11.3 Å². The molecule has 0 spiro atoms. The third kappa shape index (κ3) is 3.65. The minimum atomic E-state index is 0.335. The van der Waals surface area contributed by atoms with Crippen molar-refractivity contribution in [3.8, 4) is 6.07 Å². The monoisotopic (exact) mass is 222 g/mol. The predicted molar refractivity (Wildman–Crippen MR) is 64.8 cm³/mol. The second-order valence-electron chi connectivity index (χ2n) is 3.57. The lowest BCUT2D eigenvalue weighted by molar-refractivity contribution is 0.506. The van der Waals surface area contributed by atoms with Gasteiger partial charge >= 0.3 is 0 Å². The van der Waals surface area contributed by atoms with Crippen LogP contribution in [0.3, 0.4) is 0 Å². The van der Waals surface area contributed by atoms with Gasteiger partial charge in [-0.1, -0.05) is 13.8 Å². The Morgan fingerprint density at radius 3 is 2.93 bits per heavy atom. The number of aryl methyl sites for hydroxylation is 1. The third-order valence-electron chi connectivity index (χ3n) is 2.60. The van der Waals surface area contributed by atoms with Crippen molar-refractivity contribution in [1.82, 2.24) is 5.32 Å². The summed E-state index contributed by atoms with van der Waals surface area (Å²) in [4.78, 5) is 1.41. The zero-order chi connectivity index (χ0) is 11.1. The molecule has 0 aromatic carbocycles. The predicted octanol–water partition coefficient (Wildman–Crippen LogP) is 3.09. The molecule has 0 amide bonds. The average Bonchev–Trinajstić information content (AvgIpc) is 2.71. The van der Waals surface area contributed by atoms with Gasteiger partial charge in [0.25, 0.3) is 0 Å². The minimum absolute atomic E-state index is 0.335. The van der Waals surface area contributed by atoms with Gasteiger partial charge in [0.2, 0.25) is 0 Å². The molecule has 15 heavy (non-hydrogen) atoms. The van der Waals surface area contributed by atoms with Gasteiger partial charge in [0.1, 0.15) is 0 Å². The van der Waals surface area contributed by atoms with Gasteiger partial charge in [0.15, 0.2) is 0 Å². The SMILES string of the molecule is CCc1ccsc1CNC(CC)CC#N. The molecule has 0 aliphatic rings. The van der Waals surface area contributed by atoms with Gasteiger partial charge in [-0.05, 0) is 29.9 Å². The van der Waals surface area contributed by atoms with E-state index in [1.54, 1.807) is 11.3 Å². The first-order valence-corrected chi connectivity index (χ1v) is 6.35. The maximum Gasteiger partial charge on any atom is 0.0638 e. The highest BCUT2D eigenvalue weighted by atomic mass is 32.1. The van der Waals surface area contributed by atoms with Crippen LogP contribution in [0.1, 0.15) is 37.1 Å². The minimum Gasteiger partial charge on any atom is -0.308 e. The number of nitrogens with zero attached hydrogens (tertiary/aromatic N) is 1. The largest absolute Gasteiger partial charge is 0.308 e. The molecule has 0 aliphatic carbocycles. The highest BCUT2D eigenvalue weighted by Crippen LogP contribution is 2.17. The van der Waals surface area contributed by atoms with E-state index < -0.39 is 0 Å². The lowest BCUT2D eigenvalue weighted by Gasteiger charge is -2.13. The normalized spacial score (nSPS) is 12.3. The van der Waals surface area contributed by atoms with E-state index in [1.165, 1.54) is 10.4 Å². The van der Waals surface area contributed by atoms with E-state index >= 15 is 0 Å². The average molecular weight is 222 g/mol. The third-order valence-corrected chi connectivity index (χ3v) is 3.56. The highest BCUT2D eigenvalue weighted by molar-refractivity contribution is 7.10. The standard InChI is InChI=1S/C12H18N2S/c1-3-10-6-8-15-12(10)9-14-11(4-2)5-7-13/h6,8,11,14H,3-5,9H2,1-2H3. The fraction of sp³-hybridized carbons (Fsp3) is 0.583. The molecule has 0 bridgehead atoms. The van der Waals surface area contributed by atoms with Crippen LogP contribution >= 0.6 is 11.3 Å². The molecule has 0 saturated carbocycles. The first-order valence-electron chi connectivity index (χ1n) is 5.47. The van der Waals surface area contributed by atoms with Crippen molar-refractivity contribution in [3.05, 3.63) is 21.9 Å². The summed E-state index contributed by atoms with van der Waals surface area (Å²) in [5, 5.41) is 14.2. The molecule has 2 nitrogen and oxygen atoms in total. The Morgan fingerprint density at radius 1 is 1.53 bits per heavy atom. The zero-order valence-electron chi connectivity index (χ0n) is 9.42. The first-order chi connectivity index (χ1) is 7.31. The molecule has 1 aromatic rings. The summed E-state index contributed by atoms with van der Waals surface area (Å²) in [7, 11) is 0. The Kier molecular flexibility index (Phi) is 5.38. The van der Waals surface area contributed by atoms with Gasteiger partial charge in [-0.3, -0.25) is 0 Å². The Morgan fingerprint density at radius 2 is 2.33 bits per heavy atom. The van der Waals surface area contributed by atoms with E-state index in [-0.39, 0.29) is 0 Å². The summed E-state index contributed by atoms with van der Waals surface area (Å²) in [6.45, 7) is 5.20. The zero-order valence-corrected chi connectivity index (χ0v) is 10.2. The summed E-state index contributed by atoms with van der Waals surface area (Å²) < 4.78 is 0. The Hall–Kier alpha value is -0.850. The second-order valence-corrected chi connectivity index (χ2v) is 4.57. The van der Waals surface area contributed by atoms with Gasteiger partial charge in [-0.25, -0.2) is 0 Å². The fourth-order valence-corrected chi connectivity index (χ4v) is 2.47. The van der Waals surface area contributed by atoms with Crippen LogP contribution in [0, 0.1) is 11.3 Å². The maximum atomic E-state index is 8.64. The van der Waals surface area contributed by atoms with Crippen molar-refractivity contribution in [2.24, 2.45) is 0 Å². The van der Waals surface area contributed by atoms with Crippen molar-refractivity contribution in [2.45, 2.75) is 45.7 Å². The summed E-state index contributed by atoms with van der Waals surface area (Å²) in [5.74, 6) is 0. The summed E-state index contributed by atoms with van der Waals surface area (Å²) in [5.41, 5.74) is 1.43. The lowest BCUT2D eigenvalue weighted by atomic mass is 10.1. The molecule has 0 aliphatic heterocycles. The molecule has 1 atom stereocenters. The molecular weight excluding hydrogens is 204 g/mol. The highest BCUT2D eigenvalue weighted by Gasteiger charge is 2.07. The summed E-state index contributed by atoms with van der Waals surface area (Å²) >= 11 is 1.80. The molecule has 3 heteroatoms. The van der Waals surface area contributed by atoms with Crippen molar-refractivity contribution < 1.29 is 0 Å². The Balaban J connectivity index is 2.45. The van der Waals surface area contributed by atoms with E-state index in [0.717, 1.165) is 19.4 Å². The number of rotatable bonds is 6. The number of hydrogen-bond acceptors (Lipinski definition) is 3. The molecule has 82 valence electrons. The van der Waals surface area contributed by atoms with Crippen LogP contribution in [0.4, 0.5) is 0 Å². The maximum absolute atomic E-state index is 8.64. The first kappa shape index (κ1) is 12.2. The van der Waals surface area contributed by atoms with E-state index in [4.69, 9.17) is 5.26 Å². The van der Waals surface area contributed by atoms with E-state index in [2.05, 4.69) is 36.7 Å². The van der Waals surface area contributed by atoms with Crippen LogP contribution in [0.25, 0.3) is 0 Å². The van der Waals surface area contributed by atoms with Crippen LogP contribution in [0.15, 0.2) is 11.4 Å². The number of nitrogens with one attached hydrogen (secondary N) is 1. The van der Waals surface area contributed by atoms with Crippen LogP contribution in [-0.2, 0) is 13.0 Å². The molecule has 0 fully saturated rings. The molecule has 1 unspecified atom stereocenters. The molecule has 1 rings (SSSR count). The van der Waals surface area contributed by atoms with E-state index in [0.29, 0.717) is 12.5 Å². The quantitative estimate of drug-likeness (QED) is 0.803.